The van der Waals surface area contributed by atoms with E-state index in [4.69, 9.17) is 4.74 Å². The predicted octanol–water partition coefficient (Wildman–Crippen LogP) is 3.68. The molecule has 0 spiro atoms. The van der Waals surface area contributed by atoms with E-state index in [0.717, 1.165) is 12.3 Å². The Morgan fingerprint density at radius 3 is 2.50 bits per heavy atom. The van der Waals surface area contributed by atoms with Gasteiger partial charge in [0, 0.05) is 22.8 Å². The van der Waals surface area contributed by atoms with E-state index in [2.05, 4.69) is 56.0 Å². The summed E-state index contributed by atoms with van der Waals surface area (Å²) < 4.78 is 7.76. The molecule has 0 bridgehead atoms. The van der Waals surface area contributed by atoms with Gasteiger partial charge in [-0.25, -0.2) is 0 Å². The van der Waals surface area contributed by atoms with Gasteiger partial charge in [-0.05, 0) is 44.7 Å². The highest BCUT2D eigenvalue weighted by molar-refractivity contribution is 7.98. The van der Waals surface area contributed by atoms with Gasteiger partial charge in [-0.15, -0.1) is 0 Å². The highest BCUT2D eigenvalue weighted by Gasteiger charge is 2.16. The minimum absolute atomic E-state index is 0.882. The number of methoxy groups -OCH3 is 1. The molecule has 2 aromatic rings. The number of pyridine rings is 1. The number of ether oxygens (including phenoxy) is 1. The van der Waals surface area contributed by atoms with Crippen LogP contribution in [0.2, 0.25) is 0 Å². The number of benzene rings is 1. The maximum absolute atomic E-state index is 5.44. The highest BCUT2D eigenvalue weighted by Crippen LogP contribution is 2.24. The second-order valence-electron chi connectivity index (χ2n) is 5.06. The van der Waals surface area contributed by atoms with Gasteiger partial charge in [0.2, 0.25) is 5.03 Å². The molecule has 20 heavy (non-hydrogen) atoms. The summed E-state index contributed by atoms with van der Waals surface area (Å²) in [6, 6.07) is 8.53. The normalized spacial score (nSPS) is 10.7. The molecule has 1 heterocycles. The summed E-state index contributed by atoms with van der Waals surface area (Å²) in [4.78, 5) is 0. The van der Waals surface area contributed by atoms with E-state index in [0.29, 0.717) is 0 Å². The first-order valence-electron chi connectivity index (χ1n) is 6.74. The summed E-state index contributed by atoms with van der Waals surface area (Å²) in [6.07, 6.45) is 4.33. The number of hydrogen-bond acceptors (Lipinski definition) is 2. The van der Waals surface area contributed by atoms with Gasteiger partial charge < -0.3 is 4.74 Å². The van der Waals surface area contributed by atoms with Crippen molar-refractivity contribution >= 4 is 11.8 Å². The maximum atomic E-state index is 5.44. The molecule has 0 aliphatic rings. The van der Waals surface area contributed by atoms with Crippen LogP contribution in [0, 0.1) is 20.8 Å². The fourth-order valence-electron chi connectivity index (χ4n) is 2.47. The first-order chi connectivity index (χ1) is 9.56. The molecule has 0 amide bonds. The van der Waals surface area contributed by atoms with Crippen molar-refractivity contribution in [3.8, 4) is 5.75 Å². The van der Waals surface area contributed by atoms with E-state index in [9.17, 15) is 0 Å². The average Bonchev–Trinajstić information content (AvgIpc) is 2.44. The topological polar surface area (TPSA) is 13.1 Å². The lowest BCUT2D eigenvalue weighted by Crippen LogP contribution is -2.37. The van der Waals surface area contributed by atoms with Crippen LogP contribution in [-0.4, -0.2) is 13.4 Å². The lowest BCUT2D eigenvalue weighted by Gasteiger charge is -2.12. The molecule has 106 valence electrons. The average molecular weight is 288 g/mol. The van der Waals surface area contributed by atoms with Crippen LogP contribution in [0.25, 0.3) is 0 Å². The molecule has 2 nitrogen and oxygen atoms in total. The lowest BCUT2D eigenvalue weighted by atomic mass is 10.0. The van der Waals surface area contributed by atoms with Crippen molar-refractivity contribution in [2.24, 2.45) is 0 Å². The van der Waals surface area contributed by atoms with Crippen molar-refractivity contribution in [3.63, 3.8) is 0 Å². The molecule has 0 aliphatic heterocycles. The van der Waals surface area contributed by atoms with E-state index >= 15 is 0 Å². The first-order valence-corrected chi connectivity index (χ1v) is 7.96. The summed E-state index contributed by atoms with van der Waals surface area (Å²) >= 11 is 1.78. The molecule has 0 N–H and O–H groups in total. The highest BCUT2D eigenvalue weighted by atomic mass is 32.2. The van der Waals surface area contributed by atoms with Gasteiger partial charge in [0.25, 0.3) is 0 Å². The summed E-state index contributed by atoms with van der Waals surface area (Å²) in [7, 11) is 1.73. The van der Waals surface area contributed by atoms with Crippen molar-refractivity contribution in [1.29, 1.82) is 0 Å². The van der Waals surface area contributed by atoms with Crippen LogP contribution in [0.3, 0.4) is 0 Å². The fraction of sp³-hybridized carbons (Fsp3) is 0.353. The molecule has 0 saturated carbocycles. The van der Waals surface area contributed by atoms with Gasteiger partial charge >= 0.3 is 0 Å². The minimum atomic E-state index is 0.882. The van der Waals surface area contributed by atoms with Gasteiger partial charge in [-0.3, -0.25) is 0 Å². The summed E-state index contributed by atoms with van der Waals surface area (Å²) in [5.41, 5.74) is 5.16. The lowest BCUT2D eigenvalue weighted by molar-refractivity contribution is -0.725. The first kappa shape index (κ1) is 14.9. The molecule has 3 heteroatoms. The second-order valence-corrected chi connectivity index (χ2v) is 5.89. The van der Waals surface area contributed by atoms with Crippen LogP contribution < -0.4 is 9.30 Å². The van der Waals surface area contributed by atoms with Crippen LogP contribution in [0.15, 0.2) is 35.5 Å². The van der Waals surface area contributed by atoms with Gasteiger partial charge in [0.05, 0.1) is 7.11 Å². The van der Waals surface area contributed by atoms with Crippen molar-refractivity contribution in [2.45, 2.75) is 32.3 Å². The Bertz CT molecular complexity index is 623. The maximum Gasteiger partial charge on any atom is 0.240 e. The standard InChI is InChI=1S/C17H22NOS/c1-12-6-9-17(20-5)18(10-12)11-15-13(2)7-8-16(19-4)14(15)3/h6-10H,11H2,1-5H3/q+1. The van der Waals surface area contributed by atoms with E-state index in [1.54, 1.807) is 18.9 Å². The van der Waals surface area contributed by atoms with E-state index < -0.39 is 0 Å². The van der Waals surface area contributed by atoms with Gasteiger partial charge in [0.15, 0.2) is 12.7 Å². The quantitative estimate of drug-likeness (QED) is 0.629. The van der Waals surface area contributed by atoms with Crippen LogP contribution in [-0.2, 0) is 6.54 Å². The van der Waals surface area contributed by atoms with Gasteiger partial charge in [-0.2, -0.15) is 4.57 Å². The van der Waals surface area contributed by atoms with Gasteiger partial charge in [0.1, 0.15) is 5.75 Å². The number of rotatable bonds is 4. The Labute approximate surface area is 125 Å². The Morgan fingerprint density at radius 2 is 1.85 bits per heavy atom. The van der Waals surface area contributed by atoms with Crippen LogP contribution in [0.5, 0.6) is 5.75 Å². The monoisotopic (exact) mass is 288 g/mol. The Hall–Kier alpha value is -1.48. The van der Waals surface area contributed by atoms with Gasteiger partial charge in [-0.1, -0.05) is 17.8 Å². The molecule has 0 fully saturated rings. The van der Waals surface area contributed by atoms with Crippen molar-refractivity contribution < 1.29 is 9.30 Å². The molecule has 0 atom stereocenters. The largest absolute Gasteiger partial charge is 0.496 e. The third-order valence-electron chi connectivity index (χ3n) is 3.67. The van der Waals surface area contributed by atoms with Crippen molar-refractivity contribution in [2.75, 3.05) is 13.4 Å². The molecule has 0 saturated heterocycles. The number of aromatic nitrogens is 1. The zero-order valence-electron chi connectivity index (χ0n) is 12.9. The number of thioether (sulfide) groups is 1. The van der Waals surface area contributed by atoms with E-state index in [1.807, 2.05) is 6.07 Å². The molecule has 1 aromatic heterocycles. The third-order valence-corrected chi connectivity index (χ3v) is 4.46. The fourth-order valence-corrected chi connectivity index (χ4v) is 3.02. The Kier molecular flexibility index (Phi) is 4.71. The van der Waals surface area contributed by atoms with Crippen LogP contribution >= 0.6 is 11.8 Å². The van der Waals surface area contributed by atoms with Crippen LogP contribution in [0.1, 0.15) is 22.3 Å². The van der Waals surface area contributed by atoms with E-state index in [1.165, 1.54) is 27.3 Å². The predicted molar refractivity (Wildman–Crippen MR) is 84.7 cm³/mol. The molecule has 0 aliphatic carbocycles. The van der Waals surface area contributed by atoms with E-state index in [-0.39, 0.29) is 0 Å². The number of nitrogens with zero attached hydrogens (tertiary/aromatic N) is 1. The second kappa shape index (κ2) is 6.31. The molecule has 1 aromatic carbocycles. The SMILES string of the molecule is COc1ccc(C)c(C[n+]2cc(C)ccc2SC)c1C. The summed E-state index contributed by atoms with van der Waals surface area (Å²) in [5.74, 6) is 0.963. The van der Waals surface area contributed by atoms with Crippen LogP contribution in [0.4, 0.5) is 0 Å². The Balaban J connectivity index is 2.47. The smallest absolute Gasteiger partial charge is 0.240 e. The molecule has 0 unspecified atom stereocenters. The molecular formula is C17H22NOS+. The van der Waals surface area contributed by atoms with Crippen molar-refractivity contribution in [3.05, 3.63) is 52.7 Å². The summed E-state index contributed by atoms with van der Waals surface area (Å²) in [6.45, 7) is 7.31. The molecule has 2 rings (SSSR count). The Morgan fingerprint density at radius 1 is 1.10 bits per heavy atom. The zero-order chi connectivity index (χ0) is 14.7. The number of hydrogen-bond donors (Lipinski definition) is 0. The van der Waals surface area contributed by atoms with Crippen molar-refractivity contribution in [1.82, 2.24) is 0 Å². The number of aryl methyl sites for hydroxylation is 2. The minimum Gasteiger partial charge on any atom is -0.496 e. The third kappa shape index (κ3) is 2.98. The molecular weight excluding hydrogens is 266 g/mol. The molecule has 0 radical (unpaired) electrons. The summed E-state index contributed by atoms with van der Waals surface area (Å²) in [5, 5.41) is 1.28. The zero-order valence-corrected chi connectivity index (χ0v) is 13.7.